The topological polar surface area (TPSA) is 88.1 Å². The third-order valence-corrected chi connectivity index (χ3v) is 2.29. The molecule has 0 saturated carbocycles. The molecule has 1 aliphatic rings. The molecule has 7 nitrogen and oxygen atoms in total. The van der Waals surface area contributed by atoms with E-state index < -0.39 is 42.5 Å². The second kappa shape index (κ2) is 5.81. The Morgan fingerprint density at radius 2 is 1.28 bits per heavy atom. The van der Waals surface area contributed by atoms with Crippen molar-refractivity contribution in [1.82, 2.24) is 0 Å². The van der Waals surface area contributed by atoms with Crippen LogP contribution in [0.5, 0.6) is 0 Å². The number of esters is 3. The van der Waals surface area contributed by atoms with E-state index in [9.17, 15) is 14.4 Å². The standard InChI is InChI=1S/C11H16O7/c1-5-9(16-6(2)12)10(17-7(3)13)11(15-5)18-8(4)14/h5,9-11H,1-4H3/t5-,9-,10-,11-/m1/s1. The van der Waals surface area contributed by atoms with Gasteiger partial charge < -0.3 is 18.9 Å². The summed E-state index contributed by atoms with van der Waals surface area (Å²) in [6.07, 6.45) is -3.35. The number of hydrogen-bond donors (Lipinski definition) is 0. The Labute approximate surface area is 104 Å². The Morgan fingerprint density at radius 3 is 1.72 bits per heavy atom. The van der Waals surface area contributed by atoms with Gasteiger partial charge in [0.25, 0.3) is 0 Å². The summed E-state index contributed by atoms with van der Waals surface area (Å²) in [6.45, 7) is 5.28. The second-order valence-corrected chi connectivity index (χ2v) is 3.97. The van der Waals surface area contributed by atoms with Crippen LogP contribution in [0.1, 0.15) is 27.7 Å². The highest BCUT2D eigenvalue weighted by Crippen LogP contribution is 2.27. The molecular weight excluding hydrogens is 244 g/mol. The Kier molecular flexibility index (Phi) is 4.66. The lowest BCUT2D eigenvalue weighted by molar-refractivity contribution is -0.194. The molecule has 1 saturated heterocycles. The Hall–Kier alpha value is -1.63. The molecule has 1 aliphatic heterocycles. The first-order valence-corrected chi connectivity index (χ1v) is 5.48. The van der Waals surface area contributed by atoms with E-state index in [2.05, 4.69) is 0 Å². The quantitative estimate of drug-likeness (QED) is 0.527. The summed E-state index contributed by atoms with van der Waals surface area (Å²) >= 11 is 0. The van der Waals surface area contributed by atoms with E-state index in [0.29, 0.717) is 0 Å². The summed E-state index contributed by atoms with van der Waals surface area (Å²) in [7, 11) is 0. The number of carbonyl (C=O) groups is 3. The molecule has 0 aromatic carbocycles. The molecule has 18 heavy (non-hydrogen) atoms. The summed E-state index contributed by atoms with van der Waals surface area (Å²) in [6, 6.07) is 0. The number of hydrogen-bond acceptors (Lipinski definition) is 7. The van der Waals surface area contributed by atoms with E-state index in [1.807, 2.05) is 0 Å². The highest BCUT2D eigenvalue weighted by atomic mass is 16.7. The molecule has 1 heterocycles. The van der Waals surface area contributed by atoms with Crippen molar-refractivity contribution in [3.8, 4) is 0 Å². The van der Waals surface area contributed by atoms with E-state index in [1.54, 1.807) is 6.92 Å². The van der Waals surface area contributed by atoms with Crippen molar-refractivity contribution in [1.29, 1.82) is 0 Å². The predicted octanol–water partition coefficient (Wildman–Crippen LogP) is 0.158. The first-order chi connectivity index (χ1) is 8.31. The van der Waals surface area contributed by atoms with Gasteiger partial charge in [0.2, 0.25) is 12.4 Å². The first kappa shape index (κ1) is 14.4. The van der Waals surface area contributed by atoms with Crippen LogP contribution in [0.2, 0.25) is 0 Å². The van der Waals surface area contributed by atoms with Crippen LogP contribution in [0.25, 0.3) is 0 Å². The van der Waals surface area contributed by atoms with Crippen LogP contribution >= 0.6 is 0 Å². The van der Waals surface area contributed by atoms with Crippen LogP contribution in [-0.2, 0) is 33.3 Å². The molecule has 4 atom stereocenters. The minimum absolute atomic E-state index is 0.531. The number of carbonyl (C=O) groups excluding carboxylic acids is 3. The van der Waals surface area contributed by atoms with Gasteiger partial charge in [0, 0.05) is 20.8 Å². The molecule has 0 aliphatic carbocycles. The minimum Gasteiger partial charge on any atom is -0.456 e. The van der Waals surface area contributed by atoms with Crippen LogP contribution < -0.4 is 0 Å². The Bertz CT molecular complexity index is 351. The summed E-state index contributed by atoms with van der Waals surface area (Å²) in [5.74, 6) is -1.68. The molecule has 1 fully saturated rings. The summed E-state index contributed by atoms with van der Waals surface area (Å²) in [4.78, 5) is 32.9. The fourth-order valence-electron chi connectivity index (χ4n) is 1.72. The van der Waals surface area contributed by atoms with Crippen LogP contribution in [0.4, 0.5) is 0 Å². The van der Waals surface area contributed by atoms with Gasteiger partial charge in [-0.1, -0.05) is 0 Å². The molecule has 1 rings (SSSR count). The average molecular weight is 260 g/mol. The second-order valence-electron chi connectivity index (χ2n) is 3.97. The zero-order valence-corrected chi connectivity index (χ0v) is 10.7. The Balaban J connectivity index is 2.83. The summed E-state index contributed by atoms with van der Waals surface area (Å²) < 4.78 is 20.2. The van der Waals surface area contributed by atoms with Crippen LogP contribution in [0.3, 0.4) is 0 Å². The zero-order valence-electron chi connectivity index (χ0n) is 10.7. The van der Waals surface area contributed by atoms with Crippen molar-refractivity contribution in [3.63, 3.8) is 0 Å². The number of rotatable bonds is 3. The molecule has 102 valence electrons. The molecule has 7 heteroatoms. The fraction of sp³-hybridized carbons (Fsp3) is 0.727. The van der Waals surface area contributed by atoms with E-state index in [4.69, 9.17) is 18.9 Å². The van der Waals surface area contributed by atoms with Gasteiger partial charge in [-0.2, -0.15) is 0 Å². The van der Waals surface area contributed by atoms with Gasteiger partial charge in [0.05, 0.1) is 6.10 Å². The molecule has 0 unspecified atom stereocenters. The third-order valence-electron chi connectivity index (χ3n) is 2.29. The molecule has 0 aromatic heterocycles. The predicted molar refractivity (Wildman–Crippen MR) is 57.2 cm³/mol. The van der Waals surface area contributed by atoms with E-state index in [-0.39, 0.29) is 0 Å². The molecule has 0 spiro atoms. The maximum Gasteiger partial charge on any atom is 0.305 e. The van der Waals surface area contributed by atoms with Gasteiger partial charge in [0.15, 0.2) is 6.10 Å². The lowest BCUT2D eigenvalue weighted by Gasteiger charge is -2.22. The van der Waals surface area contributed by atoms with E-state index >= 15 is 0 Å². The highest BCUT2D eigenvalue weighted by molar-refractivity contribution is 5.68. The normalized spacial score (nSPS) is 30.7. The Morgan fingerprint density at radius 1 is 0.833 bits per heavy atom. The van der Waals surface area contributed by atoms with Crippen molar-refractivity contribution in [2.24, 2.45) is 0 Å². The lowest BCUT2D eigenvalue weighted by Crippen LogP contribution is -2.40. The summed E-state index contributed by atoms with van der Waals surface area (Å²) in [5, 5.41) is 0. The molecule has 0 amide bonds. The van der Waals surface area contributed by atoms with Crippen molar-refractivity contribution >= 4 is 17.9 Å². The van der Waals surface area contributed by atoms with Gasteiger partial charge >= 0.3 is 17.9 Å². The van der Waals surface area contributed by atoms with Crippen molar-refractivity contribution in [2.75, 3.05) is 0 Å². The largest absolute Gasteiger partial charge is 0.456 e. The average Bonchev–Trinajstić information content (AvgIpc) is 2.43. The maximum atomic E-state index is 11.0. The van der Waals surface area contributed by atoms with Crippen LogP contribution in [-0.4, -0.2) is 42.5 Å². The van der Waals surface area contributed by atoms with Crippen LogP contribution in [0, 0.1) is 0 Å². The van der Waals surface area contributed by atoms with Crippen molar-refractivity contribution < 1.29 is 33.3 Å². The monoisotopic (exact) mass is 260 g/mol. The molecule has 0 radical (unpaired) electrons. The van der Waals surface area contributed by atoms with Gasteiger partial charge in [-0.15, -0.1) is 0 Å². The van der Waals surface area contributed by atoms with Gasteiger partial charge in [-0.05, 0) is 6.92 Å². The molecule has 0 bridgehead atoms. The molecule has 0 N–H and O–H groups in total. The van der Waals surface area contributed by atoms with Crippen LogP contribution in [0.15, 0.2) is 0 Å². The van der Waals surface area contributed by atoms with Gasteiger partial charge in [-0.25, -0.2) is 0 Å². The zero-order chi connectivity index (χ0) is 13.9. The fourth-order valence-corrected chi connectivity index (χ4v) is 1.72. The van der Waals surface area contributed by atoms with Gasteiger partial charge in [0.1, 0.15) is 0 Å². The third kappa shape index (κ3) is 3.69. The molecule has 0 aromatic rings. The first-order valence-electron chi connectivity index (χ1n) is 5.48. The SMILES string of the molecule is CC(=O)O[C@H]1O[C@H](C)[C@@H](OC(C)=O)[C@H]1OC(C)=O. The smallest absolute Gasteiger partial charge is 0.305 e. The van der Waals surface area contributed by atoms with Crippen molar-refractivity contribution in [3.05, 3.63) is 0 Å². The minimum atomic E-state index is -1.06. The van der Waals surface area contributed by atoms with Gasteiger partial charge in [-0.3, -0.25) is 14.4 Å². The number of ether oxygens (including phenoxy) is 4. The lowest BCUT2D eigenvalue weighted by atomic mass is 10.1. The van der Waals surface area contributed by atoms with E-state index in [0.717, 1.165) is 0 Å². The maximum absolute atomic E-state index is 11.0. The van der Waals surface area contributed by atoms with E-state index in [1.165, 1.54) is 20.8 Å². The molecular formula is C11H16O7. The highest BCUT2D eigenvalue weighted by Gasteiger charge is 2.49. The summed E-state index contributed by atoms with van der Waals surface area (Å²) in [5.41, 5.74) is 0. The van der Waals surface area contributed by atoms with Crippen molar-refractivity contribution in [2.45, 2.75) is 52.3 Å².